The maximum Gasteiger partial charge on any atom is 0.326 e. The second-order valence-corrected chi connectivity index (χ2v) is 14.9. The number of hydrogen-bond acceptors (Lipinski definition) is 4. The molecular formula is C42H40O4P2. The van der Waals surface area contributed by atoms with Crippen LogP contribution in [0.25, 0.3) is 11.1 Å². The van der Waals surface area contributed by atoms with E-state index >= 15 is 0 Å². The lowest BCUT2D eigenvalue weighted by Gasteiger charge is -2.21. The van der Waals surface area contributed by atoms with Crippen LogP contribution in [0.4, 0.5) is 0 Å². The molecule has 0 aliphatic heterocycles. The van der Waals surface area contributed by atoms with Crippen molar-refractivity contribution < 1.29 is 18.1 Å². The van der Waals surface area contributed by atoms with E-state index < -0.39 is 16.8 Å². The van der Waals surface area contributed by atoms with Gasteiger partial charge >= 0.3 is 16.8 Å². The quantitative estimate of drug-likeness (QED) is 0.129. The first-order chi connectivity index (χ1) is 23.2. The van der Waals surface area contributed by atoms with Gasteiger partial charge in [-0.05, 0) is 124 Å². The van der Waals surface area contributed by atoms with Crippen molar-refractivity contribution in [3.8, 4) is 34.1 Å². The highest BCUT2D eigenvalue weighted by atomic mass is 31.2. The molecule has 6 rings (SSSR count). The number of aryl methyl sites for hydroxylation is 6. The van der Waals surface area contributed by atoms with Gasteiger partial charge in [0.05, 0.1) is 10.6 Å². The molecule has 6 aromatic rings. The van der Waals surface area contributed by atoms with Gasteiger partial charge < -0.3 is 18.1 Å². The molecule has 4 nitrogen and oxygen atoms in total. The van der Waals surface area contributed by atoms with Crippen molar-refractivity contribution in [1.29, 1.82) is 0 Å². The highest BCUT2D eigenvalue weighted by molar-refractivity contribution is 7.57. The first kappa shape index (κ1) is 33.3. The van der Waals surface area contributed by atoms with E-state index in [-0.39, 0.29) is 0 Å². The van der Waals surface area contributed by atoms with Crippen molar-refractivity contribution in [2.75, 3.05) is 0 Å². The molecular weight excluding hydrogens is 630 g/mol. The second-order valence-electron chi connectivity index (χ2n) is 12.1. The average Bonchev–Trinajstić information content (AvgIpc) is 3.08. The number of hydrogen-bond donors (Lipinski definition) is 0. The molecule has 0 amide bonds. The maximum atomic E-state index is 6.54. The largest absolute Gasteiger partial charge is 0.435 e. The van der Waals surface area contributed by atoms with Gasteiger partial charge in [0, 0.05) is 0 Å². The van der Waals surface area contributed by atoms with E-state index in [1.54, 1.807) is 0 Å². The summed E-state index contributed by atoms with van der Waals surface area (Å²) in [7, 11) is -2.85. The number of rotatable bonds is 11. The summed E-state index contributed by atoms with van der Waals surface area (Å²) in [5.74, 6) is 3.21. The highest BCUT2D eigenvalue weighted by Crippen LogP contribution is 2.43. The average molecular weight is 671 g/mol. The van der Waals surface area contributed by atoms with Crippen LogP contribution in [0.5, 0.6) is 23.0 Å². The summed E-state index contributed by atoms with van der Waals surface area (Å²) in [6, 6.07) is 45.5. The Balaban J connectivity index is 1.24. The summed E-state index contributed by atoms with van der Waals surface area (Å²) in [6.07, 6.45) is 0. The Morgan fingerprint density at radius 2 is 0.667 bits per heavy atom. The van der Waals surface area contributed by atoms with E-state index in [0.717, 1.165) is 55.9 Å². The lowest BCUT2D eigenvalue weighted by atomic mass is 10.1. The Hall–Kier alpha value is -4.62. The van der Waals surface area contributed by atoms with Crippen LogP contribution in [0.2, 0.25) is 0 Å². The topological polar surface area (TPSA) is 36.9 Å². The van der Waals surface area contributed by atoms with Crippen LogP contribution in [0.3, 0.4) is 0 Å². The molecule has 0 aliphatic rings. The third-order valence-electron chi connectivity index (χ3n) is 7.93. The van der Waals surface area contributed by atoms with E-state index in [4.69, 9.17) is 18.1 Å². The van der Waals surface area contributed by atoms with Crippen LogP contribution < -0.4 is 28.7 Å². The highest BCUT2D eigenvalue weighted by Gasteiger charge is 2.22. The minimum Gasteiger partial charge on any atom is -0.435 e. The predicted octanol–water partition coefficient (Wildman–Crippen LogP) is 11.4. The summed E-state index contributed by atoms with van der Waals surface area (Å²) < 4.78 is 26.0. The molecule has 2 atom stereocenters. The molecule has 6 heteroatoms. The molecule has 0 fully saturated rings. The van der Waals surface area contributed by atoms with Gasteiger partial charge in [0.2, 0.25) is 0 Å². The molecule has 0 N–H and O–H groups in total. The smallest absolute Gasteiger partial charge is 0.326 e. The molecule has 0 aliphatic carbocycles. The van der Waals surface area contributed by atoms with Crippen molar-refractivity contribution >= 4 is 27.4 Å². The van der Waals surface area contributed by atoms with E-state index in [1.165, 1.54) is 22.3 Å². The Kier molecular flexibility index (Phi) is 10.5. The minimum atomic E-state index is -1.43. The van der Waals surface area contributed by atoms with Crippen LogP contribution in [-0.4, -0.2) is 0 Å². The van der Waals surface area contributed by atoms with Crippen molar-refractivity contribution in [3.05, 3.63) is 167 Å². The molecule has 0 bridgehead atoms. The Labute approximate surface area is 287 Å². The molecule has 0 radical (unpaired) electrons. The first-order valence-electron chi connectivity index (χ1n) is 16.0. The summed E-state index contributed by atoms with van der Waals surface area (Å²) in [5.41, 5.74) is 9.13. The van der Waals surface area contributed by atoms with E-state index in [0.29, 0.717) is 0 Å². The molecule has 48 heavy (non-hydrogen) atoms. The molecule has 242 valence electrons. The molecule has 6 aromatic carbocycles. The third kappa shape index (κ3) is 8.45. The lowest BCUT2D eigenvalue weighted by Crippen LogP contribution is -2.11. The molecule has 0 aromatic heterocycles. The Morgan fingerprint density at radius 1 is 0.333 bits per heavy atom. The van der Waals surface area contributed by atoms with Crippen molar-refractivity contribution in [3.63, 3.8) is 0 Å². The van der Waals surface area contributed by atoms with Crippen LogP contribution in [0.1, 0.15) is 33.4 Å². The van der Waals surface area contributed by atoms with E-state index in [9.17, 15) is 0 Å². The standard InChI is InChI=1S/C42H40O4P2/c1-29-7-17-37(18-8-29)43-47(45-41-25-11-31(3)27-33(41)5)39-21-13-35(14-22-39)36-15-23-40(24-16-36)48(44-38-19-9-30(2)10-20-38)46-42-26-12-32(4)28-34(42)6/h7-28H,1-6H3. The van der Waals surface area contributed by atoms with Crippen molar-refractivity contribution in [2.24, 2.45) is 0 Å². The predicted molar refractivity (Wildman–Crippen MR) is 202 cm³/mol. The molecule has 0 saturated heterocycles. The SMILES string of the molecule is Cc1ccc(OP(Oc2ccc(C)cc2C)c2ccc(-c3ccc(P(Oc4ccc(C)cc4)Oc4ccc(C)cc4C)cc3)cc2)cc1. The van der Waals surface area contributed by atoms with Crippen molar-refractivity contribution in [2.45, 2.75) is 41.5 Å². The van der Waals surface area contributed by atoms with Gasteiger partial charge in [-0.25, -0.2) is 0 Å². The molecule has 2 unspecified atom stereocenters. The molecule has 0 heterocycles. The zero-order chi connectivity index (χ0) is 33.6. The Morgan fingerprint density at radius 3 is 1.00 bits per heavy atom. The van der Waals surface area contributed by atoms with Crippen LogP contribution in [-0.2, 0) is 0 Å². The fourth-order valence-corrected chi connectivity index (χ4v) is 7.85. The van der Waals surface area contributed by atoms with Crippen molar-refractivity contribution in [1.82, 2.24) is 0 Å². The van der Waals surface area contributed by atoms with Gasteiger partial charge in [-0.1, -0.05) is 95.1 Å². The van der Waals surface area contributed by atoms with Gasteiger partial charge in [-0.2, -0.15) is 0 Å². The van der Waals surface area contributed by atoms with Crippen LogP contribution >= 0.6 is 16.8 Å². The fraction of sp³-hybridized carbons (Fsp3) is 0.143. The minimum absolute atomic E-state index is 0.781. The summed E-state index contributed by atoms with van der Waals surface area (Å²) in [6.45, 7) is 12.5. The first-order valence-corrected chi connectivity index (χ1v) is 18.4. The van der Waals surface area contributed by atoms with Gasteiger partial charge in [0.1, 0.15) is 23.0 Å². The van der Waals surface area contributed by atoms with Gasteiger partial charge in [0.15, 0.2) is 0 Å². The lowest BCUT2D eigenvalue weighted by molar-refractivity contribution is 0.499. The van der Waals surface area contributed by atoms with Crippen LogP contribution in [0.15, 0.2) is 133 Å². The monoisotopic (exact) mass is 670 g/mol. The third-order valence-corrected chi connectivity index (χ3v) is 10.8. The zero-order valence-electron chi connectivity index (χ0n) is 28.2. The van der Waals surface area contributed by atoms with E-state index in [1.807, 2.05) is 36.4 Å². The summed E-state index contributed by atoms with van der Waals surface area (Å²) >= 11 is 0. The maximum absolute atomic E-state index is 6.54. The number of benzene rings is 6. The van der Waals surface area contributed by atoms with E-state index in [2.05, 4.69) is 139 Å². The normalized spacial score (nSPS) is 12.2. The zero-order valence-corrected chi connectivity index (χ0v) is 30.0. The summed E-state index contributed by atoms with van der Waals surface area (Å²) in [5, 5.41) is 1.98. The van der Waals surface area contributed by atoms with Gasteiger partial charge in [-0.15, -0.1) is 0 Å². The Bertz CT molecular complexity index is 1820. The van der Waals surface area contributed by atoms with Crippen LogP contribution in [0, 0.1) is 41.5 Å². The fourth-order valence-electron chi connectivity index (χ4n) is 5.17. The molecule has 0 saturated carbocycles. The second kappa shape index (κ2) is 15.1. The van der Waals surface area contributed by atoms with Gasteiger partial charge in [-0.3, -0.25) is 0 Å². The summed E-state index contributed by atoms with van der Waals surface area (Å²) in [4.78, 5) is 0. The van der Waals surface area contributed by atoms with Gasteiger partial charge in [0.25, 0.3) is 0 Å². The molecule has 0 spiro atoms.